The maximum atomic E-state index is 12.1. The highest BCUT2D eigenvalue weighted by Gasteiger charge is 2.25. The lowest BCUT2D eigenvalue weighted by atomic mass is 10.1. The van der Waals surface area contributed by atoms with Gasteiger partial charge in [-0.05, 0) is 24.1 Å². The maximum absolute atomic E-state index is 12.1. The fourth-order valence-corrected chi connectivity index (χ4v) is 3.21. The lowest BCUT2D eigenvalue weighted by molar-refractivity contribution is -0.115. The molecule has 29 heavy (non-hydrogen) atoms. The third-order valence-corrected chi connectivity index (χ3v) is 4.61. The zero-order valence-electron chi connectivity index (χ0n) is 16.6. The Hall–Kier alpha value is -2.20. The smallest absolute Gasteiger partial charge is 0.243 e. The Morgan fingerprint density at radius 3 is 2.83 bits per heavy atom. The molecule has 3 rings (SSSR count). The molecule has 1 aromatic carbocycles. The summed E-state index contributed by atoms with van der Waals surface area (Å²) in [6, 6.07) is 13.8. The second kappa shape index (κ2) is 12.4. The van der Waals surface area contributed by atoms with Crippen LogP contribution in [0.25, 0.3) is 0 Å². The van der Waals surface area contributed by atoms with E-state index in [-0.39, 0.29) is 36.4 Å². The Bertz CT molecular complexity index is 773. The molecular weight excluding hydrogens is 481 g/mol. The van der Waals surface area contributed by atoms with Crippen LogP contribution in [0.1, 0.15) is 12.0 Å². The van der Waals surface area contributed by atoms with Gasteiger partial charge in [0.05, 0.1) is 31.6 Å². The molecule has 1 aliphatic heterocycles. The van der Waals surface area contributed by atoms with Crippen LogP contribution in [0.2, 0.25) is 0 Å². The zero-order chi connectivity index (χ0) is 19.6. The number of likely N-dealkylation sites (tertiary alicyclic amines) is 1. The van der Waals surface area contributed by atoms with Crippen molar-refractivity contribution in [1.82, 2.24) is 15.2 Å². The molecule has 7 nitrogen and oxygen atoms in total. The summed E-state index contributed by atoms with van der Waals surface area (Å²) in [6.45, 7) is 3.30. The lowest BCUT2D eigenvalue weighted by Gasteiger charge is -2.21. The van der Waals surface area contributed by atoms with Crippen molar-refractivity contribution < 1.29 is 9.53 Å². The van der Waals surface area contributed by atoms with Crippen molar-refractivity contribution in [3.8, 4) is 0 Å². The first-order valence-corrected chi connectivity index (χ1v) is 9.51. The molecule has 1 saturated heterocycles. The first-order valence-electron chi connectivity index (χ1n) is 9.51. The van der Waals surface area contributed by atoms with Crippen molar-refractivity contribution in [3.63, 3.8) is 0 Å². The monoisotopic (exact) mass is 509 g/mol. The molecule has 2 aromatic rings. The first-order chi connectivity index (χ1) is 13.7. The summed E-state index contributed by atoms with van der Waals surface area (Å²) < 4.78 is 5.87. The Morgan fingerprint density at radius 1 is 1.28 bits per heavy atom. The molecule has 1 amide bonds. The molecule has 0 spiro atoms. The summed E-state index contributed by atoms with van der Waals surface area (Å²) in [4.78, 5) is 22.6. The van der Waals surface area contributed by atoms with Gasteiger partial charge in [0, 0.05) is 32.3 Å². The number of hydrogen-bond acceptors (Lipinski definition) is 4. The molecule has 1 aromatic heterocycles. The number of carbonyl (C=O) groups excluding carboxylic acids is 1. The highest BCUT2D eigenvalue weighted by Crippen LogP contribution is 2.17. The predicted molar refractivity (Wildman–Crippen MR) is 125 cm³/mol. The second-order valence-corrected chi connectivity index (χ2v) is 6.79. The number of carbonyl (C=O) groups is 1. The van der Waals surface area contributed by atoms with Crippen molar-refractivity contribution in [2.75, 3.05) is 38.6 Å². The number of guanidine groups is 1. The standard InChI is InChI=1S/C21H27N5O2.HI/c1-22-21(24-13-20(27)25-19-8-5-10-23-12-19)26-11-9-18(14-26)16-28-15-17-6-3-2-4-7-17;/h2-8,10,12,18H,9,11,13-16H2,1H3,(H,22,24)(H,25,27);1H. The molecule has 1 unspecified atom stereocenters. The fourth-order valence-electron chi connectivity index (χ4n) is 3.21. The van der Waals surface area contributed by atoms with E-state index in [1.807, 2.05) is 18.2 Å². The van der Waals surface area contributed by atoms with E-state index in [9.17, 15) is 4.79 Å². The Labute approximate surface area is 189 Å². The van der Waals surface area contributed by atoms with Crippen LogP contribution in [0.15, 0.2) is 59.9 Å². The van der Waals surface area contributed by atoms with Crippen LogP contribution in [-0.2, 0) is 16.1 Å². The van der Waals surface area contributed by atoms with Gasteiger partial charge in [0.15, 0.2) is 5.96 Å². The topological polar surface area (TPSA) is 78.8 Å². The van der Waals surface area contributed by atoms with E-state index in [1.54, 1.807) is 31.6 Å². The molecular formula is C21H28IN5O2. The van der Waals surface area contributed by atoms with Crippen molar-refractivity contribution >= 4 is 41.5 Å². The van der Waals surface area contributed by atoms with Gasteiger partial charge in [-0.15, -0.1) is 24.0 Å². The average Bonchev–Trinajstić information content (AvgIpc) is 3.19. The quantitative estimate of drug-likeness (QED) is 0.341. The molecule has 1 fully saturated rings. The lowest BCUT2D eigenvalue weighted by Crippen LogP contribution is -2.43. The van der Waals surface area contributed by atoms with Crippen molar-refractivity contribution in [1.29, 1.82) is 0 Å². The van der Waals surface area contributed by atoms with Crippen molar-refractivity contribution in [3.05, 3.63) is 60.4 Å². The van der Waals surface area contributed by atoms with E-state index in [4.69, 9.17) is 4.74 Å². The number of rotatable bonds is 7. The Kier molecular flexibility index (Phi) is 9.85. The average molecular weight is 509 g/mol. The first kappa shape index (κ1) is 23.1. The number of halogens is 1. The number of anilines is 1. The van der Waals surface area contributed by atoms with E-state index in [2.05, 4.69) is 37.6 Å². The minimum absolute atomic E-state index is 0. The number of hydrogen-bond donors (Lipinski definition) is 2. The van der Waals surface area contributed by atoms with Gasteiger partial charge in [-0.3, -0.25) is 14.8 Å². The molecule has 0 bridgehead atoms. The number of ether oxygens (including phenoxy) is 1. The predicted octanol–water partition coefficient (Wildman–Crippen LogP) is 2.75. The van der Waals surface area contributed by atoms with Gasteiger partial charge in [-0.1, -0.05) is 30.3 Å². The van der Waals surface area contributed by atoms with Gasteiger partial charge in [0.1, 0.15) is 0 Å². The van der Waals surface area contributed by atoms with Gasteiger partial charge in [-0.2, -0.15) is 0 Å². The van der Waals surface area contributed by atoms with E-state index in [1.165, 1.54) is 5.56 Å². The van der Waals surface area contributed by atoms with Crippen molar-refractivity contribution in [2.24, 2.45) is 10.9 Å². The molecule has 1 atom stereocenters. The highest BCUT2D eigenvalue weighted by atomic mass is 127. The third-order valence-electron chi connectivity index (χ3n) is 4.61. The Balaban J connectivity index is 0.00000300. The molecule has 2 N–H and O–H groups in total. The van der Waals surface area contributed by atoms with Gasteiger partial charge < -0.3 is 20.3 Å². The number of nitrogens with zero attached hydrogens (tertiary/aromatic N) is 3. The van der Waals surface area contributed by atoms with Crippen molar-refractivity contribution in [2.45, 2.75) is 13.0 Å². The number of pyridine rings is 1. The van der Waals surface area contributed by atoms with Gasteiger partial charge in [-0.25, -0.2) is 0 Å². The summed E-state index contributed by atoms with van der Waals surface area (Å²) in [5, 5.41) is 5.94. The van der Waals surface area contributed by atoms with Crippen LogP contribution in [-0.4, -0.2) is 55.0 Å². The number of benzene rings is 1. The summed E-state index contributed by atoms with van der Waals surface area (Å²) in [7, 11) is 1.74. The van der Waals surface area contributed by atoms with Gasteiger partial charge in [0.25, 0.3) is 0 Å². The number of amides is 1. The molecule has 156 valence electrons. The third kappa shape index (κ3) is 7.62. The van der Waals surface area contributed by atoms with Crippen LogP contribution in [0.3, 0.4) is 0 Å². The summed E-state index contributed by atoms with van der Waals surface area (Å²) in [5.74, 6) is 1.08. The molecule has 8 heteroatoms. The summed E-state index contributed by atoms with van der Waals surface area (Å²) in [5.41, 5.74) is 1.87. The SMILES string of the molecule is CN=C(NCC(=O)Nc1cccnc1)N1CCC(COCc2ccccc2)C1.I. The minimum Gasteiger partial charge on any atom is -0.376 e. The van der Waals surface area contributed by atoms with Crippen LogP contribution in [0.5, 0.6) is 0 Å². The molecule has 2 heterocycles. The van der Waals surface area contributed by atoms with Crippen LogP contribution in [0, 0.1) is 5.92 Å². The number of nitrogens with one attached hydrogen (secondary N) is 2. The second-order valence-electron chi connectivity index (χ2n) is 6.79. The fraction of sp³-hybridized carbons (Fsp3) is 0.381. The van der Waals surface area contributed by atoms with E-state index < -0.39 is 0 Å². The molecule has 0 aliphatic carbocycles. The number of aliphatic imine (C=N–C) groups is 1. The summed E-state index contributed by atoms with van der Waals surface area (Å²) >= 11 is 0. The molecule has 0 saturated carbocycles. The number of aromatic nitrogens is 1. The normalized spacial score (nSPS) is 16.2. The maximum Gasteiger partial charge on any atom is 0.243 e. The largest absolute Gasteiger partial charge is 0.376 e. The van der Waals surface area contributed by atoms with Crippen LogP contribution < -0.4 is 10.6 Å². The van der Waals surface area contributed by atoms with E-state index in [0.29, 0.717) is 18.2 Å². The Morgan fingerprint density at radius 2 is 2.10 bits per heavy atom. The van der Waals surface area contributed by atoms with E-state index in [0.717, 1.165) is 32.1 Å². The van der Waals surface area contributed by atoms with Gasteiger partial charge >= 0.3 is 0 Å². The van der Waals surface area contributed by atoms with Gasteiger partial charge in [0.2, 0.25) is 5.91 Å². The highest BCUT2D eigenvalue weighted by molar-refractivity contribution is 14.0. The zero-order valence-corrected chi connectivity index (χ0v) is 18.9. The molecule has 0 radical (unpaired) electrons. The van der Waals surface area contributed by atoms with Crippen LogP contribution in [0.4, 0.5) is 5.69 Å². The summed E-state index contributed by atoms with van der Waals surface area (Å²) in [6.07, 6.45) is 4.34. The molecule has 1 aliphatic rings. The van der Waals surface area contributed by atoms with Crippen LogP contribution >= 0.6 is 24.0 Å². The minimum atomic E-state index is -0.129. The van der Waals surface area contributed by atoms with E-state index >= 15 is 0 Å².